The number of aromatic nitrogens is 4. The normalized spacial score (nSPS) is 13.1. The second-order valence-electron chi connectivity index (χ2n) is 6.74. The fourth-order valence-electron chi connectivity index (χ4n) is 3.59. The van der Waals surface area contributed by atoms with Crippen molar-refractivity contribution in [1.29, 1.82) is 0 Å². The van der Waals surface area contributed by atoms with Gasteiger partial charge in [0.05, 0.1) is 22.4 Å². The van der Waals surface area contributed by atoms with Crippen LogP contribution >= 0.6 is 11.6 Å². The fourth-order valence-corrected chi connectivity index (χ4v) is 3.74. The van der Waals surface area contributed by atoms with Crippen molar-refractivity contribution in [3.63, 3.8) is 0 Å². The van der Waals surface area contributed by atoms with Crippen LogP contribution in [0.1, 0.15) is 5.56 Å². The molecule has 7 nitrogen and oxygen atoms in total. The monoisotopic (exact) mass is 408 g/mol. The van der Waals surface area contributed by atoms with E-state index in [4.69, 9.17) is 17.3 Å². The number of halogens is 2. The van der Waals surface area contributed by atoms with E-state index in [9.17, 15) is 9.18 Å². The first-order valence-electron chi connectivity index (χ1n) is 8.86. The minimum atomic E-state index is -0.447. The number of rotatable bonds is 2. The van der Waals surface area contributed by atoms with Crippen molar-refractivity contribution in [2.75, 3.05) is 17.2 Å². The van der Waals surface area contributed by atoms with Gasteiger partial charge in [-0.25, -0.2) is 19.3 Å². The number of nitrogens with zero attached hydrogens (tertiary/aromatic N) is 4. The summed E-state index contributed by atoms with van der Waals surface area (Å²) in [5, 5.41) is 0.858. The zero-order chi connectivity index (χ0) is 20.1. The highest BCUT2D eigenvalue weighted by atomic mass is 35.5. The maximum atomic E-state index is 13.8. The Morgan fingerprint density at radius 2 is 2.03 bits per heavy atom. The second kappa shape index (κ2) is 6.52. The summed E-state index contributed by atoms with van der Waals surface area (Å²) in [6.45, 7) is 0.645. The van der Waals surface area contributed by atoms with E-state index >= 15 is 0 Å². The number of aromatic amines is 1. The Kier molecular flexibility index (Phi) is 3.95. The molecule has 0 atom stereocenters. The number of fused-ring (bicyclic) bond motifs is 2. The standard InChI is InChI=1S/C20H14ClFN6O/c21-13-7-17-11(6-14(13)22)3-4-28(17)19-12-5-10(1-2-15(12)25-9-26-19)16-8-24-18(23)20(29)27-16/h1-2,5-9H,3-4H2,(H2,23,24)(H,27,29). The molecule has 3 N–H and O–H groups in total. The number of hydrogen-bond donors (Lipinski definition) is 2. The molecule has 0 spiro atoms. The van der Waals surface area contributed by atoms with Gasteiger partial charge in [0.25, 0.3) is 5.56 Å². The van der Waals surface area contributed by atoms with Crippen LogP contribution in [0.15, 0.2) is 47.7 Å². The van der Waals surface area contributed by atoms with Crippen LogP contribution in [0.3, 0.4) is 0 Å². The van der Waals surface area contributed by atoms with E-state index in [2.05, 4.69) is 19.9 Å². The molecule has 1 aliphatic rings. The molecule has 0 unspecified atom stereocenters. The van der Waals surface area contributed by atoms with Gasteiger partial charge in [0.2, 0.25) is 0 Å². The number of nitrogens with two attached hydrogens (primary N) is 1. The quantitative estimate of drug-likeness (QED) is 0.527. The number of anilines is 3. The maximum Gasteiger partial charge on any atom is 0.290 e. The molecule has 29 heavy (non-hydrogen) atoms. The summed E-state index contributed by atoms with van der Waals surface area (Å²) in [6, 6.07) is 8.66. The molecule has 2 aromatic carbocycles. The molecule has 0 fully saturated rings. The second-order valence-corrected chi connectivity index (χ2v) is 7.14. The summed E-state index contributed by atoms with van der Waals surface area (Å²) in [5.41, 5.74) is 8.79. The third-order valence-electron chi connectivity index (χ3n) is 5.01. The first kappa shape index (κ1) is 17.6. The summed E-state index contributed by atoms with van der Waals surface area (Å²) in [5.74, 6) is 0.169. The first-order chi connectivity index (χ1) is 14.0. The molecule has 0 saturated carbocycles. The van der Waals surface area contributed by atoms with Gasteiger partial charge < -0.3 is 15.6 Å². The lowest BCUT2D eigenvalue weighted by Crippen LogP contribution is -2.15. The zero-order valence-electron chi connectivity index (χ0n) is 15.0. The van der Waals surface area contributed by atoms with Crippen molar-refractivity contribution in [3.05, 3.63) is 69.6 Å². The van der Waals surface area contributed by atoms with E-state index in [-0.39, 0.29) is 10.8 Å². The van der Waals surface area contributed by atoms with Crippen molar-refractivity contribution < 1.29 is 4.39 Å². The van der Waals surface area contributed by atoms with Gasteiger partial charge in [0.1, 0.15) is 18.0 Å². The molecule has 0 radical (unpaired) electrons. The predicted molar refractivity (Wildman–Crippen MR) is 110 cm³/mol. The highest BCUT2D eigenvalue weighted by Gasteiger charge is 2.25. The van der Waals surface area contributed by atoms with Gasteiger partial charge in [-0.2, -0.15) is 0 Å². The molecule has 0 amide bonds. The van der Waals surface area contributed by atoms with E-state index in [0.29, 0.717) is 24.5 Å². The number of benzene rings is 2. The summed E-state index contributed by atoms with van der Waals surface area (Å²) >= 11 is 6.01. The first-order valence-corrected chi connectivity index (χ1v) is 9.24. The highest BCUT2D eigenvalue weighted by molar-refractivity contribution is 6.31. The molecule has 0 aliphatic carbocycles. The Morgan fingerprint density at radius 1 is 1.17 bits per heavy atom. The molecular weight excluding hydrogens is 395 g/mol. The molecular formula is C20H14ClFN6O. The Morgan fingerprint density at radius 3 is 2.86 bits per heavy atom. The lowest BCUT2D eigenvalue weighted by atomic mass is 10.1. The molecule has 4 aromatic rings. The van der Waals surface area contributed by atoms with Crippen LogP contribution in [0.25, 0.3) is 22.2 Å². The van der Waals surface area contributed by atoms with Gasteiger partial charge in [0.15, 0.2) is 5.82 Å². The molecule has 1 aliphatic heterocycles. The van der Waals surface area contributed by atoms with Gasteiger partial charge in [0, 0.05) is 23.2 Å². The van der Waals surface area contributed by atoms with Crippen molar-refractivity contribution in [2.45, 2.75) is 6.42 Å². The number of hydrogen-bond acceptors (Lipinski definition) is 6. The molecule has 144 valence electrons. The van der Waals surface area contributed by atoms with Crippen molar-refractivity contribution in [1.82, 2.24) is 19.9 Å². The Balaban J connectivity index is 1.67. The van der Waals surface area contributed by atoms with Gasteiger partial charge >= 0.3 is 0 Å². The van der Waals surface area contributed by atoms with Gasteiger partial charge in [-0.3, -0.25) is 4.79 Å². The van der Waals surface area contributed by atoms with E-state index in [0.717, 1.165) is 27.7 Å². The van der Waals surface area contributed by atoms with Crippen LogP contribution in [0.5, 0.6) is 0 Å². The number of nitrogen functional groups attached to an aromatic ring is 1. The molecule has 5 rings (SSSR count). The van der Waals surface area contributed by atoms with Crippen LogP contribution in [0, 0.1) is 5.82 Å². The van der Waals surface area contributed by atoms with Crippen molar-refractivity contribution >= 4 is 39.8 Å². The topological polar surface area (TPSA) is 101 Å². The van der Waals surface area contributed by atoms with E-state index in [1.807, 2.05) is 23.1 Å². The Bertz CT molecular complexity index is 1340. The minimum Gasteiger partial charge on any atom is -0.379 e. The molecule has 0 bridgehead atoms. The predicted octanol–water partition coefficient (Wildman–Crippen LogP) is 3.45. The van der Waals surface area contributed by atoms with E-state index < -0.39 is 11.4 Å². The fraction of sp³-hybridized carbons (Fsp3) is 0.100. The smallest absolute Gasteiger partial charge is 0.290 e. The number of nitrogens with one attached hydrogen (secondary N) is 1. The SMILES string of the molecule is Nc1ncc(-c2ccc3ncnc(N4CCc5cc(F)c(Cl)cc54)c3c2)[nH]c1=O. The summed E-state index contributed by atoms with van der Waals surface area (Å²) in [6.07, 6.45) is 3.69. The zero-order valence-corrected chi connectivity index (χ0v) is 15.7. The Hall–Kier alpha value is -3.52. The van der Waals surface area contributed by atoms with E-state index in [1.165, 1.54) is 18.6 Å². The van der Waals surface area contributed by atoms with Crippen LogP contribution in [0.2, 0.25) is 5.02 Å². The lowest BCUT2D eigenvalue weighted by molar-refractivity contribution is 0.627. The highest BCUT2D eigenvalue weighted by Crippen LogP contribution is 2.39. The van der Waals surface area contributed by atoms with Gasteiger partial charge in [-0.05, 0) is 36.2 Å². The summed E-state index contributed by atoms with van der Waals surface area (Å²) in [7, 11) is 0. The minimum absolute atomic E-state index is 0.0697. The average Bonchev–Trinajstić information content (AvgIpc) is 3.12. The third-order valence-corrected chi connectivity index (χ3v) is 5.30. The van der Waals surface area contributed by atoms with Crippen LogP contribution in [0.4, 0.5) is 21.7 Å². The molecule has 2 aromatic heterocycles. The Labute approximate surface area is 169 Å². The average molecular weight is 409 g/mol. The molecule has 9 heteroatoms. The molecule has 3 heterocycles. The number of H-pyrrole nitrogens is 1. The van der Waals surface area contributed by atoms with Gasteiger partial charge in [-0.15, -0.1) is 0 Å². The van der Waals surface area contributed by atoms with Crippen LogP contribution < -0.4 is 16.2 Å². The van der Waals surface area contributed by atoms with Crippen molar-refractivity contribution in [2.24, 2.45) is 0 Å². The van der Waals surface area contributed by atoms with Crippen LogP contribution in [-0.2, 0) is 6.42 Å². The largest absolute Gasteiger partial charge is 0.379 e. The lowest BCUT2D eigenvalue weighted by Gasteiger charge is -2.20. The maximum absolute atomic E-state index is 13.8. The van der Waals surface area contributed by atoms with E-state index in [1.54, 1.807) is 6.07 Å². The van der Waals surface area contributed by atoms with Crippen molar-refractivity contribution in [3.8, 4) is 11.3 Å². The molecule has 0 saturated heterocycles. The van der Waals surface area contributed by atoms with Gasteiger partial charge in [-0.1, -0.05) is 17.7 Å². The summed E-state index contributed by atoms with van der Waals surface area (Å²) in [4.78, 5) is 29.3. The summed E-state index contributed by atoms with van der Waals surface area (Å²) < 4.78 is 13.8. The third kappa shape index (κ3) is 2.89. The van der Waals surface area contributed by atoms with Crippen LogP contribution in [-0.4, -0.2) is 26.5 Å².